The van der Waals surface area contributed by atoms with E-state index in [-0.39, 0.29) is 12.2 Å². The number of benzene rings is 3. The fourth-order valence-electron chi connectivity index (χ4n) is 3.05. The molecule has 1 atom stereocenters. The smallest absolute Gasteiger partial charge is 0.245 e. The number of sulfonamides is 1. The van der Waals surface area contributed by atoms with Crippen molar-refractivity contribution in [1.29, 1.82) is 0 Å². The average Bonchev–Trinajstić information content (AvgIpc) is 2.76. The van der Waals surface area contributed by atoms with E-state index < -0.39 is 32.7 Å². The monoisotopic (exact) mass is 476 g/mol. The summed E-state index contributed by atoms with van der Waals surface area (Å²) in [5.41, 5.74) is 2.00. The number of carbonyl (C=O) groups is 1. The minimum atomic E-state index is -4.30. The number of methoxy groups -OCH3 is 1. The SMILES string of the molecule is COc1ccc(F)cc1S(=O)(=O)NC(Cc1ccccc1)C(=O)Nc1ccc(C)c(Cl)c1. The van der Waals surface area contributed by atoms with Gasteiger partial charge in [0.15, 0.2) is 0 Å². The first-order valence-electron chi connectivity index (χ1n) is 9.66. The van der Waals surface area contributed by atoms with Gasteiger partial charge in [-0.25, -0.2) is 12.8 Å². The van der Waals surface area contributed by atoms with E-state index >= 15 is 0 Å². The van der Waals surface area contributed by atoms with Crippen molar-refractivity contribution < 1.29 is 22.3 Å². The van der Waals surface area contributed by atoms with Crippen molar-refractivity contribution in [2.45, 2.75) is 24.3 Å². The third kappa shape index (κ3) is 5.85. The number of nitrogens with one attached hydrogen (secondary N) is 2. The lowest BCUT2D eigenvalue weighted by Crippen LogP contribution is -2.45. The molecule has 168 valence electrons. The lowest BCUT2D eigenvalue weighted by Gasteiger charge is -2.20. The highest BCUT2D eigenvalue weighted by Crippen LogP contribution is 2.25. The Kier molecular flexibility index (Phi) is 7.50. The van der Waals surface area contributed by atoms with Crippen molar-refractivity contribution in [3.8, 4) is 5.75 Å². The number of aryl methyl sites for hydroxylation is 1. The molecule has 3 rings (SSSR count). The third-order valence-electron chi connectivity index (χ3n) is 4.75. The summed E-state index contributed by atoms with van der Waals surface area (Å²) in [6.45, 7) is 1.83. The van der Waals surface area contributed by atoms with E-state index in [0.29, 0.717) is 10.7 Å². The summed E-state index contributed by atoms with van der Waals surface area (Å²) >= 11 is 6.13. The number of carbonyl (C=O) groups excluding carboxylic acids is 1. The van der Waals surface area contributed by atoms with Crippen LogP contribution in [0.2, 0.25) is 5.02 Å². The number of halogens is 2. The summed E-state index contributed by atoms with van der Waals surface area (Å²) in [6, 6.07) is 15.9. The second-order valence-corrected chi connectivity index (χ2v) is 9.20. The van der Waals surface area contributed by atoms with Gasteiger partial charge in [0, 0.05) is 10.7 Å². The van der Waals surface area contributed by atoms with Crippen LogP contribution in [0.5, 0.6) is 5.75 Å². The fourth-order valence-corrected chi connectivity index (χ4v) is 4.61. The number of hydrogen-bond donors (Lipinski definition) is 2. The van der Waals surface area contributed by atoms with Gasteiger partial charge in [-0.05, 0) is 54.8 Å². The summed E-state index contributed by atoms with van der Waals surface area (Å²) in [7, 11) is -3.02. The van der Waals surface area contributed by atoms with Gasteiger partial charge in [0.1, 0.15) is 22.5 Å². The molecule has 0 radical (unpaired) electrons. The van der Waals surface area contributed by atoms with Crippen LogP contribution in [-0.4, -0.2) is 27.5 Å². The van der Waals surface area contributed by atoms with Crippen molar-refractivity contribution in [2.75, 3.05) is 12.4 Å². The molecule has 1 amide bonds. The van der Waals surface area contributed by atoms with Gasteiger partial charge in [-0.3, -0.25) is 4.79 Å². The molecule has 0 aliphatic heterocycles. The van der Waals surface area contributed by atoms with Gasteiger partial charge in [0.2, 0.25) is 15.9 Å². The minimum absolute atomic E-state index is 0.0388. The van der Waals surface area contributed by atoms with Crippen molar-refractivity contribution in [3.05, 3.63) is 88.7 Å². The van der Waals surface area contributed by atoms with Crippen molar-refractivity contribution >= 4 is 33.2 Å². The first-order valence-corrected chi connectivity index (χ1v) is 11.5. The molecular weight excluding hydrogens is 455 g/mol. The first-order chi connectivity index (χ1) is 15.2. The van der Waals surface area contributed by atoms with E-state index in [1.807, 2.05) is 13.0 Å². The summed E-state index contributed by atoms with van der Waals surface area (Å²) in [5.74, 6) is -1.37. The third-order valence-corrected chi connectivity index (χ3v) is 6.65. The molecule has 9 heteroatoms. The Balaban J connectivity index is 1.92. The van der Waals surface area contributed by atoms with Crippen LogP contribution in [0.3, 0.4) is 0 Å². The maximum atomic E-state index is 13.8. The lowest BCUT2D eigenvalue weighted by atomic mass is 10.1. The summed E-state index contributed by atoms with van der Waals surface area (Å²) in [6.07, 6.45) is 0.0725. The van der Waals surface area contributed by atoms with Gasteiger partial charge >= 0.3 is 0 Å². The Labute approximate surface area is 191 Å². The van der Waals surface area contributed by atoms with Crippen LogP contribution in [-0.2, 0) is 21.2 Å². The molecular formula is C23H22ClFN2O4S. The van der Waals surface area contributed by atoms with Crippen LogP contribution in [0.4, 0.5) is 10.1 Å². The van der Waals surface area contributed by atoms with Gasteiger partial charge in [0.05, 0.1) is 7.11 Å². The second-order valence-electron chi connectivity index (χ2n) is 7.11. The zero-order chi connectivity index (χ0) is 23.3. The van der Waals surface area contributed by atoms with E-state index in [9.17, 15) is 17.6 Å². The highest BCUT2D eigenvalue weighted by atomic mass is 35.5. The zero-order valence-corrected chi connectivity index (χ0v) is 19.0. The molecule has 0 saturated carbocycles. The summed E-state index contributed by atoms with van der Waals surface area (Å²) in [5, 5.41) is 3.15. The molecule has 3 aromatic rings. The van der Waals surface area contributed by atoms with Crippen LogP contribution in [0, 0.1) is 12.7 Å². The topological polar surface area (TPSA) is 84.5 Å². The molecule has 0 fully saturated rings. The molecule has 0 aromatic heterocycles. The van der Waals surface area contributed by atoms with Crippen LogP contribution in [0.25, 0.3) is 0 Å². The van der Waals surface area contributed by atoms with Gasteiger partial charge in [-0.1, -0.05) is 48.0 Å². The second kappa shape index (κ2) is 10.1. The van der Waals surface area contributed by atoms with E-state index in [2.05, 4.69) is 10.0 Å². The predicted octanol–water partition coefficient (Wildman–Crippen LogP) is 4.32. The van der Waals surface area contributed by atoms with Crippen molar-refractivity contribution in [2.24, 2.45) is 0 Å². The van der Waals surface area contributed by atoms with Crippen LogP contribution >= 0.6 is 11.6 Å². The minimum Gasteiger partial charge on any atom is -0.495 e. The molecule has 0 bridgehead atoms. The maximum Gasteiger partial charge on any atom is 0.245 e. The van der Waals surface area contributed by atoms with Crippen LogP contribution in [0.1, 0.15) is 11.1 Å². The number of ether oxygens (including phenoxy) is 1. The Morgan fingerprint density at radius 1 is 1.09 bits per heavy atom. The molecule has 0 aliphatic carbocycles. The summed E-state index contributed by atoms with van der Waals surface area (Å²) < 4.78 is 47.4. The number of hydrogen-bond acceptors (Lipinski definition) is 4. The van der Waals surface area contributed by atoms with Crippen LogP contribution < -0.4 is 14.8 Å². The standard InChI is InChI=1S/C23H22ClFN2O4S/c1-15-8-10-18(14-19(15)24)26-23(28)20(12-16-6-4-3-5-7-16)27-32(29,30)22-13-17(25)9-11-21(22)31-2/h3-11,13-14,20,27H,12H2,1-2H3,(H,26,28). The molecule has 0 aliphatic rings. The maximum absolute atomic E-state index is 13.8. The number of anilines is 1. The Hall–Kier alpha value is -2.94. The van der Waals surface area contributed by atoms with Crippen molar-refractivity contribution in [1.82, 2.24) is 4.72 Å². The Morgan fingerprint density at radius 2 is 1.81 bits per heavy atom. The van der Waals surface area contributed by atoms with Gasteiger partial charge in [0.25, 0.3) is 0 Å². The van der Waals surface area contributed by atoms with Crippen LogP contribution in [0.15, 0.2) is 71.6 Å². The first kappa shape index (κ1) is 23.7. The molecule has 0 heterocycles. The Bertz CT molecular complexity index is 1220. The van der Waals surface area contributed by atoms with E-state index in [0.717, 1.165) is 23.3 Å². The zero-order valence-electron chi connectivity index (χ0n) is 17.4. The number of rotatable bonds is 8. The quantitative estimate of drug-likeness (QED) is 0.507. The molecule has 3 aromatic carbocycles. The molecule has 1 unspecified atom stereocenters. The van der Waals surface area contributed by atoms with Crippen molar-refractivity contribution in [3.63, 3.8) is 0 Å². The molecule has 32 heavy (non-hydrogen) atoms. The normalized spacial score (nSPS) is 12.2. The fraction of sp³-hybridized carbons (Fsp3) is 0.174. The molecule has 0 spiro atoms. The van der Waals surface area contributed by atoms with E-state index in [1.54, 1.807) is 42.5 Å². The summed E-state index contributed by atoms with van der Waals surface area (Å²) in [4.78, 5) is 12.7. The molecule has 0 saturated heterocycles. The molecule has 2 N–H and O–H groups in total. The van der Waals surface area contributed by atoms with E-state index in [1.165, 1.54) is 13.2 Å². The van der Waals surface area contributed by atoms with Gasteiger partial charge < -0.3 is 10.1 Å². The highest BCUT2D eigenvalue weighted by molar-refractivity contribution is 7.89. The predicted molar refractivity (Wildman–Crippen MR) is 122 cm³/mol. The highest BCUT2D eigenvalue weighted by Gasteiger charge is 2.29. The number of amides is 1. The Morgan fingerprint density at radius 3 is 2.47 bits per heavy atom. The van der Waals surface area contributed by atoms with Gasteiger partial charge in [-0.2, -0.15) is 4.72 Å². The average molecular weight is 477 g/mol. The van der Waals surface area contributed by atoms with Gasteiger partial charge in [-0.15, -0.1) is 0 Å². The lowest BCUT2D eigenvalue weighted by molar-refractivity contribution is -0.117. The molecule has 6 nitrogen and oxygen atoms in total. The largest absolute Gasteiger partial charge is 0.495 e. The van der Waals surface area contributed by atoms with E-state index in [4.69, 9.17) is 16.3 Å².